The molecule has 0 aliphatic carbocycles. The van der Waals surface area contributed by atoms with E-state index in [1.165, 1.54) is 6.33 Å². The van der Waals surface area contributed by atoms with Crippen LogP contribution in [0.15, 0.2) is 36.9 Å². The number of hydrogen-bond acceptors (Lipinski definition) is 6. The van der Waals surface area contributed by atoms with Gasteiger partial charge in [-0.25, -0.2) is 15.0 Å². The van der Waals surface area contributed by atoms with Crippen LogP contribution in [0.2, 0.25) is 0 Å². The molecule has 2 aromatic heterocycles. The lowest BCUT2D eigenvalue weighted by atomic mass is 10.3. The third-order valence-electron chi connectivity index (χ3n) is 3.09. The number of rotatable bonds is 5. The molecule has 0 radical (unpaired) electrons. The van der Waals surface area contributed by atoms with E-state index in [4.69, 9.17) is 15.2 Å². The van der Waals surface area contributed by atoms with Gasteiger partial charge in [0.25, 0.3) is 0 Å². The Morgan fingerprint density at radius 1 is 1.09 bits per heavy atom. The number of ether oxygens (including phenoxy) is 2. The molecule has 0 unspecified atom stereocenters. The highest BCUT2D eigenvalue weighted by molar-refractivity contribution is 5.85. The molecule has 0 aliphatic heterocycles. The minimum Gasteiger partial charge on any atom is -0.497 e. The average Bonchev–Trinajstić information content (AvgIpc) is 2.93. The Balaban J connectivity index is 0.00000176. The molecule has 0 bridgehead atoms. The van der Waals surface area contributed by atoms with Gasteiger partial charge >= 0.3 is 0 Å². The molecule has 2 N–H and O–H groups in total. The molecular formula is C14H16ClN5O2. The fourth-order valence-corrected chi connectivity index (χ4v) is 2.00. The molecule has 22 heavy (non-hydrogen) atoms. The minimum atomic E-state index is 0. The Hall–Kier alpha value is -2.54. The third-order valence-corrected chi connectivity index (χ3v) is 3.09. The first-order valence-electron chi connectivity index (χ1n) is 6.46. The second kappa shape index (κ2) is 6.95. The number of anilines is 1. The van der Waals surface area contributed by atoms with E-state index >= 15 is 0 Å². The monoisotopic (exact) mass is 321 g/mol. The number of fused-ring (bicyclic) bond motifs is 1. The van der Waals surface area contributed by atoms with Crippen LogP contribution in [0.3, 0.4) is 0 Å². The molecule has 3 rings (SSSR count). The molecule has 116 valence electrons. The van der Waals surface area contributed by atoms with Crippen LogP contribution in [0.1, 0.15) is 0 Å². The zero-order valence-corrected chi connectivity index (χ0v) is 12.8. The largest absolute Gasteiger partial charge is 0.497 e. The fraction of sp³-hybridized carbons (Fsp3) is 0.214. The number of imidazole rings is 1. The molecule has 8 heteroatoms. The van der Waals surface area contributed by atoms with E-state index in [1.54, 1.807) is 13.4 Å². The van der Waals surface area contributed by atoms with Crippen molar-refractivity contribution in [2.45, 2.75) is 6.54 Å². The number of benzene rings is 1. The van der Waals surface area contributed by atoms with Crippen LogP contribution in [0.4, 0.5) is 5.82 Å². The van der Waals surface area contributed by atoms with E-state index in [-0.39, 0.29) is 12.4 Å². The quantitative estimate of drug-likeness (QED) is 0.772. The second-order valence-corrected chi connectivity index (χ2v) is 4.39. The summed E-state index contributed by atoms with van der Waals surface area (Å²) in [5, 5.41) is 0. The zero-order valence-electron chi connectivity index (χ0n) is 12.0. The van der Waals surface area contributed by atoms with Crippen molar-refractivity contribution in [3.05, 3.63) is 36.9 Å². The van der Waals surface area contributed by atoms with Crippen LogP contribution in [0.25, 0.3) is 11.2 Å². The summed E-state index contributed by atoms with van der Waals surface area (Å²) in [5.41, 5.74) is 7.07. The van der Waals surface area contributed by atoms with Crippen LogP contribution >= 0.6 is 12.4 Å². The molecule has 0 fully saturated rings. The highest BCUT2D eigenvalue weighted by atomic mass is 35.5. The standard InChI is InChI=1S/C14H15N5O2.ClH/c1-20-10-2-4-11(5-3-10)21-7-6-19-9-18-12-13(15)16-8-17-14(12)19;/h2-5,8-9H,6-7H2,1H3,(H2,15,16,17);1H. The van der Waals surface area contributed by atoms with E-state index in [2.05, 4.69) is 15.0 Å². The summed E-state index contributed by atoms with van der Waals surface area (Å²) < 4.78 is 12.7. The smallest absolute Gasteiger partial charge is 0.165 e. The van der Waals surface area contributed by atoms with Crippen molar-refractivity contribution in [2.75, 3.05) is 19.5 Å². The van der Waals surface area contributed by atoms with Gasteiger partial charge in [0.2, 0.25) is 0 Å². The molecule has 0 saturated heterocycles. The van der Waals surface area contributed by atoms with Gasteiger partial charge in [-0.2, -0.15) is 0 Å². The number of hydrogen-bond donors (Lipinski definition) is 1. The highest BCUT2D eigenvalue weighted by Crippen LogP contribution is 2.17. The summed E-state index contributed by atoms with van der Waals surface area (Å²) in [7, 11) is 1.63. The van der Waals surface area contributed by atoms with Crippen molar-refractivity contribution in [2.24, 2.45) is 0 Å². The zero-order chi connectivity index (χ0) is 14.7. The number of nitrogens with zero attached hydrogens (tertiary/aromatic N) is 4. The third kappa shape index (κ3) is 3.20. The van der Waals surface area contributed by atoms with Gasteiger partial charge in [0.05, 0.1) is 20.0 Å². The Kier molecular flexibility index (Phi) is 5.00. The summed E-state index contributed by atoms with van der Waals surface area (Å²) in [6.07, 6.45) is 3.12. The summed E-state index contributed by atoms with van der Waals surface area (Å²) >= 11 is 0. The number of aromatic nitrogens is 4. The Bertz CT molecular complexity index is 745. The first-order chi connectivity index (χ1) is 10.3. The van der Waals surface area contributed by atoms with Crippen molar-refractivity contribution in [1.82, 2.24) is 19.5 Å². The Morgan fingerprint density at radius 2 is 1.82 bits per heavy atom. The predicted molar refractivity (Wildman–Crippen MR) is 85.5 cm³/mol. The number of methoxy groups -OCH3 is 1. The van der Waals surface area contributed by atoms with Crippen molar-refractivity contribution in [3.63, 3.8) is 0 Å². The van der Waals surface area contributed by atoms with Crippen LogP contribution in [0, 0.1) is 0 Å². The maximum Gasteiger partial charge on any atom is 0.165 e. The van der Waals surface area contributed by atoms with Crippen LogP contribution in [-0.2, 0) is 6.54 Å². The van der Waals surface area contributed by atoms with E-state index < -0.39 is 0 Å². The van der Waals surface area contributed by atoms with E-state index in [9.17, 15) is 0 Å². The van der Waals surface area contributed by atoms with E-state index in [1.807, 2.05) is 28.8 Å². The molecule has 0 amide bonds. The van der Waals surface area contributed by atoms with Crippen molar-refractivity contribution in [3.8, 4) is 11.5 Å². The van der Waals surface area contributed by atoms with Gasteiger partial charge in [-0.3, -0.25) is 0 Å². The summed E-state index contributed by atoms with van der Waals surface area (Å²) in [6.45, 7) is 1.13. The summed E-state index contributed by atoms with van der Waals surface area (Å²) in [4.78, 5) is 12.3. The predicted octanol–water partition coefficient (Wildman–Crippen LogP) is 1.92. The van der Waals surface area contributed by atoms with Crippen LogP contribution < -0.4 is 15.2 Å². The maximum absolute atomic E-state index is 5.75. The molecule has 0 aliphatic rings. The van der Waals surface area contributed by atoms with Crippen LogP contribution in [-0.4, -0.2) is 33.2 Å². The molecular weight excluding hydrogens is 306 g/mol. The molecule has 7 nitrogen and oxygen atoms in total. The molecule has 0 atom stereocenters. The number of halogens is 1. The van der Waals surface area contributed by atoms with Crippen molar-refractivity contribution >= 4 is 29.4 Å². The first-order valence-corrected chi connectivity index (χ1v) is 6.46. The normalized spacial score (nSPS) is 10.2. The van der Waals surface area contributed by atoms with Gasteiger partial charge in [-0.1, -0.05) is 0 Å². The van der Waals surface area contributed by atoms with Gasteiger partial charge in [0.15, 0.2) is 11.5 Å². The lowest BCUT2D eigenvalue weighted by Gasteiger charge is -2.08. The van der Waals surface area contributed by atoms with Gasteiger partial charge < -0.3 is 19.8 Å². The summed E-state index contributed by atoms with van der Waals surface area (Å²) in [5.74, 6) is 1.97. The van der Waals surface area contributed by atoms with Gasteiger partial charge in [0, 0.05) is 0 Å². The van der Waals surface area contributed by atoms with Gasteiger partial charge in [0.1, 0.15) is 29.9 Å². The molecule has 3 aromatic rings. The molecule has 0 saturated carbocycles. The van der Waals surface area contributed by atoms with Gasteiger partial charge in [-0.05, 0) is 24.3 Å². The molecule has 1 aromatic carbocycles. The maximum atomic E-state index is 5.75. The fourth-order valence-electron chi connectivity index (χ4n) is 2.00. The topological polar surface area (TPSA) is 88.1 Å². The molecule has 0 spiro atoms. The Labute approximate surface area is 133 Å². The van der Waals surface area contributed by atoms with Gasteiger partial charge in [-0.15, -0.1) is 12.4 Å². The second-order valence-electron chi connectivity index (χ2n) is 4.39. The highest BCUT2D eigenvalue weighted by Gasteiger charge is 2.07. The number of nitrogens with two attached hydrogens (primary N) is 1. The van der Waals surface area contributed by atoms with Crippen LogP contribution in [0.5, 0.6) is 11.5 Å². The minimum absolute atomic E-state index is 0. The first kappa shape index (κ1) is 15.8. The van der Waals surface area contributed by atoms with Crippen molar-refractivity contribution < 1.29 is 9.47 Å². The summed E-state index contributed by atoms with van der Waals surface area (Å²) in [6, 6.07) is 7.45. The average molecular weight is 322 g/mol. The Morgan fingerprint density at radius 3 is 2.55 bits per heavy atom. The molecule has 2 heterocycles. The van der Waals surface area contributed by atoms with E-state index in [0.29, 0.717) is 30.1 Å². The number of nitrogen functional groups attached to an aromatic ring is 1. The van der Waals surface area contributed by atoms with Crippen molar-refractivity contribution in [1.29, 1.82) is 0 Å². The van der Waals surface area contributed by atoms with E-state index in [0.717, 1.165) is 11.5 Å². The SMILES string of the molecule is COc1ccc(OCCn2cnc3c(N)ncnc32)cc1.Cl. The lowest BCUT2D eigenvalue weighted by molar-refractivity contribution is 0.299. The lowest BCUT2D eigenvalue weighted by Crippen LogP contribution is -2.08.